The minimum absolute atomic E-state index is 0.0882. The summed E-state index contributed by atoms with van der Waals surface area (Å²) in [6.45, 7) is -3.28. The summed E-state index contributed by atoms with van der Waals surface area (Å²) in [6.07, 6.45) is -56.8. The van der Waals surface area contributed by atoms with Crippen LogP contribution < -0.4 is 21.3 Å². The molecule has 0 radical (unpaired) electrons. The number of carbonyl (C=O) groups excluding carboxylic acids is 6. The zero-order valence-electron chi connectivity index (χ0n) is 59.4. The topological polar surface area (TPSA) is 683 Å². The SMILES string of the molecule is CNC(=O)CCCCN1C(=O)CC(SCCC(=O)NCCO[C@@H]2OC(CO)[C@H](O)C(O[C@@H]3OC(CO[C@]4(C(=O)O)C[C@@H](O)[C@@H](C)C([C@H](O)[C@H](O)CO)O4)[C@@H](O)C(O[C@@H]4OC(CO)[C@H](O[C@@H]5OC(CO)[C@H](O)C(O)[C@@H]5NC(C)=O)C(O[C@@]5(C(=O)O)C[C@H](O)[C@H](C)C([C@H](O)[C@H](O)CO)O5)[C@@H]4O)[C@@H]3NC(C)=O)[C@@H]2O)C1=O. The lowest BCUT2D eigenvalue weighted by atomic mass is 9.84. The summed E-state index contributed by atoms with van der Waals surface area (Å²) in [5.41, 5.74) is 0. The third kappa shape index (κ3) is 21.3. The predicted molar refractivity (Wildman–Crippen MR) is 350 cm³/mol. The number of rotatable bonds is 37. The van der Waals surface area contributed by atoms with E-state index in [0.29, 0.717) is 12.8 Å². The van der Waals surface area contributed by atoms with E-state index >= 15 is 0 Å². The Balaban J connectivity index is 1.22. The van der Waals surface area contributed by atoms with Crippen LogP contribution in [0.15, 0.2) is 0 Å². The number of thioether (sulfide) groups is 1. The Kier molecular flexibility index (Phi) is 33.7. The standard InChI is InChI=1S/C63H103N5O39S/c1-23-27(76)15-62(60(92)93,105-49(23)41(83)29(78)17-69)97-22-34-45(87)52(40(67-26(4)75)57(101-34)104-53-44(86)32(20-72)99-58(47(53)89)96-12-10-65-37(81)9-13-108-35-14-38(82)68(55(35)91)11-7-6-8-36(80)64-5)103-59-48(90)54(107-63(61(94)95)16-28(77)24(2)50(106-63)42(84)30(79)18-70)51(33(21-73)100-59)102-56-39(66-25(3)74)46(88)43(85)31(19-71)98-56/h23-24,27-35,39-54,56-59,69-73,76-79,83-90H,6-22H2,1-5H3,(H,64,80)(H,65,81)(H,66,74)(H,67,75)(H,92,93)(H,94,95)/t23-,24+,27-,28+,29-,30-,31?,32?,33?,34?,35?,39+,40+,41-,42-,43+,44+,45-,46?,47+,48+,49?,50?,51+,52?,53?,54?,56+,57+,58-,59+,62-,63-/m1/s1. The zero-order valence-corrected chi connectivity index (χ0v) is 60.3. The number of likely N-dealkylation sites (tertiary alicyclic amines) is 1. The van der Waals surface area contributed by atoms with Crippen LogP contribution in [0.2, 0.25) is 0 Å². The maximum atomic E-state index is 13.8. The molecule has 0 aromatic rings. The van der Waals surface area contributed by atoms with Crippen molar-refractivity contribution < 1.29 is 192 Å². The van der Waals surface area contributed by atoms with Crippen molar-refractivity contribution in [2.75, 3.05) is 72.1 Å². The number of unbranched alkanes of at least 4 members (excludes halogenated alkanes) is 1. The van der Waals surface area contributed by atoms with E-state index in [1.54, 1.807) is 0 Å². The average Bonchev–Trinajstić information content (AvgIpc) is 0.846. The third-order valence-electron chi connectivity index (χ3n) is 19.8. The molecular formula is C63H103N5O39S. The molecule has 45 heteroatoms. The number of nitrogens with zero attached hydrogens (tertiary/aromatic N) is 1. The fourth-order valence-electron chi connectivity index (χ4n) is 13.5. The molecule has 0 bridgehead atoms. The van der Waals surface area contributed by atoms with Gasteiger partial charge in [0.25, 0.3) is 11.6 Å². The summed E-state index contributed by atoms with van der Waals surface area (Å²) in [5, 5.41) is 220. The van der Waals surface area contributed by atoms with Gasteiger partial charge in [-0.1, -0.05) is 13.8 Å². The van der Waals surface area contributed by atoms with Crippen molar-refractivity contribution in [3.05, 3.63) is 0 Å². The molecule has 7 saturated heterocycles. The second-order valence-electron chi connectivity index (χ2n) is 27.4. The molecule has 7 aliphatic rings. The Morgan fingerprint density at radius 2 is 1.08 bits per heavy atom. The van der Waals surface area contributed by atoms with Gasteiger partial charge >= 0.3 is 11.9 Å². The minimum Gasteiger partial charge on any atom is -0.477 e. The molecule has 0 spiro atoms. The Morgan fingerprint density at radius 3 is 1.65 bits per heavy atom. The van der Waals surface area contributed by atoms with Crippen molar-refractivity contribution in [3.63, 3.8) is 0 Å². The monoisotopic (exact) mass is 1590 g/mol. The van der Waals surface area contributed by atoms with E-state index in [4.69, 9.17) is 56.8 Å². The average molecular weight is 1590 g/mol. The number of imide groups is 1. The molecule has 7 rings (SSSR count). The van der Waals surface area contributed by atoms with Gasteiger partial charge in [-0.3, -0.25) is 33.7 Å². The predicted octanol–water partition coefficient (Wildman–Crippen LogP) is -12.5. The van der Waals surface area contributed by atoms with Crippen LogP contribution in [-0.2, 0) is 95.2 Å². The number of amides is 6. The first-order chi connectivity index (χ1) is 51.0. The van der Waals surface area contributed by atoms with Gasteiger partial charge in [-0.2, -0.15) is 0 Å². The van der Waals surface area contributed by atoms with Crippen molar-refractivity contribution in [1.82, 2.24) is 26.2 Å². The summed E-state index contributed by atoms with van der Waals surface area (Å²) < 4.78 is 72.0. The molecular weight excluding hydrogens is 1480 g/mol. The van der Waals surface area contributed by atoms with Crippen LogP contribution in [0.1, 0.15) is 72.6 Å². The number of carbonyl (C=O) groups is 8. The first kappa shape index (κ1) is 90.3. The van der Waals surface area contributed by atoms with E-state index in [2.05, 4.69) is 21.3 Å². The first-order valence-electron chi connectivity index (χ1n) is 35.0. The number of ether oxygens (including phenoxy) is 12. The lowest BCUT2D eigenvalue weighted by Gasteiger charge is -2.53. The van der Waals surface area contributed by atoms with E-state index in [1.807, 2.05) is 0 Å². The van der Waals surface area contributed by atoms with Crippen LogP contribution in [0.5, 0.6) is 0 Å². The highest BCUT2D eigenvalue weighted by Crippen LogP contribution is 2.43. The molecule has 11 unspecified atom stereocenters. The Labute approximate surface area is 620 Å². The van der Waals surface area contributed by atoms with Crippen LogP contribution in [0, 0.1) is 11.8 Å². The van der Waals surface area contributed by atoms with Gasteiger partial charge in [-0.15, -0.1) is 11.8 Å². The molecule has 0 aliphatic carbocycles. The summed E-state index contributed by atoms with van der Waals surface area (Å²) in [7, 11) is 1.48. The van der Waals surface area contributed by atoms with Gasteiger partial charge in [0.15, 0.2) is 25.2 Å². The zero-order chi connectivity index (χ0) is 80.1. The molecule has 7 aliphatic heterocycles. The first-order valence-corrected chi connectivity index (χ1v) is 36.0. The molecule has 108 heavy (non-hydrogen) atoms. The highest BCUT2D eigenvalue weighted by molar-refractivity contribution is 8.00. The Hall–Kier alpha value is -4.85. The highest BCUT2D eigenvalue weighted by atomic mass is 32.2. The molecule has 23 N–H and O–H groups in total. The highest BCUT2D eigenvalue weighted by Gasteiger charge is 2.63. The second kappa shape index (κ2) is 40.2. The van der Waals surface area contributed by atoms with Gasteiger partial charge in [0.1, 0.15) is 122 Å². The maximum Gasteiger partial charge on any atom is 0.364 e. The Bertz CT molecular complexity index is 2980. The van der Waals surface area contributed by atoms with Crippen molar-refractivity contribution in [3.8, 4) is 0 Å². The van der Waals surface area contributed by atoms with Crippen LogP contribution in [0.4, 0.5) is 0 Å². The Morgan fingerprint density at radius 1 is 0.583 bits per heavy atom. The summed E-state index contributed by atoms with van der Waals surface area (Å²) >= 11 is 1.08. The molecule has 44 nitrogen and oxygen atoms in total. The van der Waals surface area contributed by atoms with Gasteiger partial charge in [-0.25, -0.2) is 9.59 Å². The maximum absolute atomic E-state index is 13.8. The van der Waals surface area contributed by atoms with E-state index in [9.17, 15) is 135 Å². The minimum atomic E-state index is -3.34. The fraction of sp³-hybridized carbons (Fsp3) is 0.873. The molecule has 7 heterocycles. The molecule has 0 aromatic heterocycles. The van der Waals surface area contributed by atoms with Gasteiger partial charge in [0.2, 0.25) is 35.4 Å². The van der Waals surface area contributed by atoms with E-state index in [0.717, 1.165) is 30.5 Å². The summed E-state index contributed by atoms with van der Waals surface area (Å²) in [5.74, 6) is -16.6. The number of aliphatic carboxylic acids is 2. The molecule has 33 atom stereocenters. The van der Waals surface area contributed by atoms with Gasteiger partial charge in [0.05, 0.1) is 75.9 Å². The van der Waals surface area contributed by atoms with Crippen LogP contribution in [-0.4, -0.2) is 410 Å². The number of aliphatic hydroxyl groups excluding tert-OH is 17. The molecule has 620 valence electrons. The second-order valence-corrected chi connectivity index (χ2v) is 28.7. The van der Waals surface area contributed by atoms with Crippen LogP contribution >= 0.6 is 11.8 Å². The lowest BCUT2D eigenvalue weighted by molar-refractivity contribution is -0.402. The van der Waals surface area contributed by atoms with E-state index in [1.165, 1.54) is 20.9 Å². The number of carboxylic acid groups (broad SMARTS) is 2. The molecule has 7 fully saturated rings. The number of hydrogen-bond acceptors (Lipinski definition) is 38. The van der Waals surface area contributed by atoms with Gasteiger partial charge in [-0.05, 0) is 12.8 Å². The fourth-order valence-corrected chi connectivity index (χ4v) is 14.7. The van der Waals surface area contributed by atoms with Crippen LogP contribution in [0.25, 0.3) is 0 Å². The summed E-state index contributed by atoms with van der Waals surface area (Å²) in [6, 6.07) is -3.98. The van der Waals surface area contributed by atoms with E-state index < -0.39 is 301 Å². The quantitative estimate of drug-likeness (QED) is 0.0203. The largest absolute Gasteiger partial charge is 0.477 e. The van der Waals surface area contributed by atoms with Gasteiger partial charge < -0.3 is 175 Å². The van der Waals surface area contributed by atoms with Crippen molar-refractivity contribution >= 4 is 59.1 Å². The van der Waals surface area contributed by atoms with Crippen molar-refractivity contribution in [2.45, 2.75) is 261 Å². The third-order valence-corrected chi connectivity index (χ3v) is 21.0. The van der Waals surface area contributed by atoms with Crippen molar-refractivity contribution in [2.24, 2.45) is 11.8 Å². The van der Waals surface area contributed by atoms with Crippen LogP contribution in [0.3, 0.4) is 0 Å². The summed E-state index contributed by atoms with van der Waals surface area (Å²) in [4.78, 5) is 105. The molecule has 0 aromatic carbocycles. The normalized spacial score (nSPS) is 40.0. The van der Waals surface area contributed by atoms with Gasteiger partial charge in [0, 0.05) is 83.7 Å². The lowest BCUT2D eigenvalue weighted by Crippen LogP contribution is -2.72. The van der Waals surface area contributed by atoms with Crippen molar-refractivity contribution in [1.29, 1.82) is 0 Å². The number of aliphatic hydroxyl groups is 17. The number of hydrogen-bond donors (Lipinski definition) is 23. The number of nitrogens with one attached hydrogen (secondary N) is 4. The molecule has 6 amide bonds. The van der Waals surface area contributed by atoms with E-state index in [-0.39, 0.29) is 44.0 Å². The number of carboxylic acids is 2. The molecule has 0 saturated carbocycles. The smallest absolute Gasteiger partial charge is 0.364 e.